The SMILES string of the molecule is CCN(CC)S(=O)(=O)c1cc(C(=O)N(CCOC)CC(C)C)ccc1Cl. The minimum absolute atomic E-state index is 0.0371. The Morgan fingerprint density at radius 2 is 1.85 bits per heavy atom. The molecule has 0 N–H and O–H groups in total. The largest absolute Gasteiger partial charge is 0.383 e. The number of carbonyl (C=O) groups excluding carboxylic acids is 1. The van der Waals surface area contributed by atoms with Gasteiger partial charge in [0.15, 0.2) is 0 Å². The van der Waals surface area contributed by atoms with Crippen molar-refractivity contribution in [3.05, 3.63) is 28.8 Å². The lowest BCUT2D eigenvalue weighted by Gasteiger charge is -2.25. The molecule has 0 aliphatic heterocycles. The van der Waals surface area contributed by atoms with Crippen LogP contribution in [0.5, 0.6) is 0 Å². The molecule has 0 aromatic heterocycles. The molecule has 0 spiro atoms. The zero-order chi connectivity index (χ0) is 19.9. The van der Waals surface area contributed by atoms with Crippen LogP contribution in [0, 0.1) is 5.92 Å². The van der Waals surface area contributed by atoms with E-state index in [1.807, 2.05) is 13.8 Å². The maximum atomic E-state index is 12.9. The Hall–Kier alpha value is -1.15. The van der Waals surface area contributed by atoms with E-state index in [9.17, 15) is 13.2 Å². The molecule has 0 bridgehead atoms. The Morgan fingerprint density at radius 3 is 2.35 bits per heavy atom. The molecule has 0 aliphatic carbocycles. The third-order valence-electron chi connectivity index (χ3n) is 3.94. The number of hydrogen-bond acceptors (Lipinski definition) is 4. The maximum Gasteiger partial charge on any atom is 0.253 e. The Labute approximate surface area is 162 Å². The maximum absolute atomic E-state index is 12.9. The molecule has 1 aromatic carbocycles. The fourth-order valence-corrected chi connectivity index (χ4v) is 4.60. The first-order valence-corrected chi connectivity index (χ1v) is 10.6. The van der Waals surface area contributed by atoms with Crippen molar-refractivity contribution in [2.45, 2.75) is 32.6 Å². The van der Waals surface area contributed by atoms with E-state index in [0.717, 1.165) is 0 Å². The van der Waals surface area contributed by atoms with E-state index < -0.39 is 10.0 Å². The molecule has 8 heteroatoms. The normalized spacial score (nSPS) is 12.0. The molecule has 148 valence electrons. The summed E-state index contributed by atoms with van der Waals surface area (Å²) < 4.78 is 32.0. The van der Waals surface area contributed by atoms with Crippen LogP contribution in [-0.4, -0.2) is 63.4 Å². The average molecular weight is 405 g/mol. The first-order valence-electron chi connectivity index (χ1n) is 8.76. The standard InChI is InChI=1S/C18H29ClN2O4S/c1-6-21(7-2)26(23,24)17-12-15(8-9-16(17)19)18(22)20(10-11-25-5)13-14(3)4/h8-9,12,14H,6-7,10-11,13H2,1-5H3. The first kappa shape index (κ1) is 22.9. The molecule has 0 fully saturated rings. The van der Waals surface area contributed by atoms with Crippen molar-refractivity contribution in [3.8, 4) is 0 Å². The van der Waals surface area contributed by atoms with E-state index in [1.54, 1.807) is 31.9 Å². The molecule has 1 rings (SSSR count). The monoisotopic (exact) mass is 404 g/mol. The average Bonchev–Trinajstić information content (AvgIpc) is 2.58. The predicted molar refractivity (Wildman–Crippen MR) is 104 cm³/mol. The fraction of sp³-hybridized carbons (Fsp3) is 0.611. The molecule has 0 radical (unpaired) electrons. The van der Waals surface area contributed by atoms with Crippen LogP contribution >= 0.6 is 11.6 Å². The second-order valence-corrected chi connectivity index (χ2v) is 8.69. The van der Waals surface area contributed by atoms with Crippen LogP contribution in [-0.2, 0) is 14.8 Å². The Kier molecular flexibility index (Phi) is 9.03. The molecule has 26 heavy (non-hydrogen) atoms. The second kappa shape index (κ2) is 10.3. The van der Waals surface area contributed by atoms with Gasteiger partial charge in [0, 0.05) is 38.9 Å². The summed E-state index contributed by atoms with van der Waals surface area (Å²) in [4.78, 5) is 14.5. The van der Waals surface area contributed by atoms with Crippen molar-refractivity contribution >= 4 is 27.5 Å². The van der Waals surface area contributed by atoms with Gasteiger partial charge in [0.2, 0.25) is 10.0 Å². The Bertz CT molecular complexity index is 703. The summed E-state index contributed by atoms with van der Waals surface area (Å²) in [7, 11) is -2.17. The van der Waals surface area contributed by atoms with Crippen molar-refractivity contribution in [2.75, 3.05) is 39.9 Å². The fourth-order valence-electron chi connectivity index (χ4n) is 2.64. The number of nitrogens with zero attached hydrogens (tertiary/aromatic N) is 2. The third kappa shape index (κ3) is 5.67. The predicted octanol–water partition coefficient (Wildman–Crippen LogP) is 3.12. The van der Waals surface area contributed by atoms with E-state index in [1.165, 1.54) is 16.4 Å². The van der Waals surface area contributed by atoms with E-state index in [4.69, 9.17) is 16.3 Å². The molecular formula is C18H29ClN2O4S. The smallest absolute Gasteiger partial charge is 0.253 e. The minimum Gasteiger partial charge on any atom is -0.383 e. The van der Waals surface area contributed by atoms with Crippen LogP contribution in [0.15, 0.2) is 23.1 Å². The lowest BCUT2D eigenvalue weighted by molar-refractivity contribution is 0.0672. The zero-order valence-corrected chi connectivity index (χ0v) is 17.7. The van der Waals surface area contributed by atoms with Crippen LogP contribution in [0.1, 0.15) is 38.1 Å². The van der Waals surface area contributed by atoms with Gasteiger partial charge in [-0.15, -0.1) is 0 Å². The number of hydrogen-bond donors (Lipinski definition) is 0. The van der Waals surface area contributed by atoms with Crippen LogP contribution in [0.25, 0.3) is 0 Å². The van der Waals surface area contributed by atoms with Gasteiger partial charge in [-0.2, -0.15) is 4.31 Å². The number of rotatable bonds is 10. The lowest BCUT2D eigenvalue weighted by Crippen LogP contribution is -2.37. The van der Waals surface area contributed by atoms with Crippen molar-refractivity contribution in [3.63, 3.8) is 0 Å². The number of amides is 1. The summed E-state index contributed by atoms with van der Waals surface area (Å²) in [5, 5.41) is 0.112. The Balaban J connectivity index is 3.27. The van der Waals surface area contributed by atoms with Crippen LogP contribution in [0.2, 0.25) is 5.02 Å². The number of carbonyl (C=O) groups is 1. The Morgan fingerprint density at radius 1 is 1.23 bits per heavy atom. The van der Waals surface area contributed by atoms with Gasteiger partial charge in [0.1, 0.15) is 4.90 Å². The molecule has 0 unspecified atom stereocenters. The van der Waals surface area contributed by atoms with Crippen LogP contribution in [0.3, 0.4) is 0 Å². The van der Waals surface area contributed by atoms with Gasteiger partial charge in [-0.05, 0) is 24.1 Å². The summed E-state index contributed by atoms with van der Waals surface area (Å²) >= 11 is 6.14. The molecular weight excluding hydrogens is 376 g/mol. The van der Waals surface area contributed by atoms with Crippen molar-refractivity contribution in [2.24, 2.45) is 5.92 Å². The van der Waals surface area contributed by atoms with E-state index in [2.05, 4.69) is 0 Å². The van der Waals surface area contributed by atoms with Crippen molar-refractivity contribution in [1.82, 2.24) is 9.21 Å². The second-order valence-electron chi connectivity index (χ2n) is 6.37. The van der Waals surface area contributed by atoms with Crippen LogP contribution in [0.4, 0.5) is 0 Å². The summed E-state index contributed by atoms with van der Waals surface area (Å²) in [5.74, 6) is 0.0467. The summed E-state index contributed by atoms with van der Waals surface area (Å²) in [5.41, 5.74) is 0.303. The summed E-state index contributed by atoms with van der Waals surface area (Å²) in [6.07, 6.45) is 0. The van der Waals surface area contributed by atoms with Gasteiger partial charge in [-0.1, -0.05) is 39.3 Å². The number of sulfonamides is 1. The minimum atomic E-state index is -3.75. The van der Waals surface area contributed by atoms with Gasteiger partial charge in [-0.3, -0.25) is 4.79 Å². The molecule has 1 aromatic rings. The van der Waals surface area contributed by atoms with E-state index in [-0.39, 0.29) is 21.7 Å². The van der Waals surface area contributed by atoms with Crippen molar-refractivity contribution < 1.29 is 17.9 Å². The number of methoxy groups -OCH3 is 1. The third-order valence-corrected chi connectivity index (χ3v) is 6.47. The van der Waals surface area contributed by atoms with Crippen molar-refractivity contribution in [1.29, 1.82) is 0 Å². The van der Waals surface area contributed by atoms with Gasteiger partial charge < -0.3 is 9.64 Å². The molecule has 0 atom stereocenters. The molecule has 0 saturated carbocycles. The molecule has 6 nitrogen and oxygen atoms in total. The van der Waals surface area contributed by atoms with Gasteiger partial charge >= 0.3 is 0 Å². The van der Waals surface area contributed by atoms with Gasteiger partial charge in [-0.25, -0.2) is 8.42 Å². The zero-order valence-electron chi connectivity index (χ0n) is 16.2. The number of ether oxygens (including phenoxy) is 1. The quantitative estimate of drug-likeness (QED) is 0.600. The number of halogens is 1. The molecule has 1 amide bonds. The highest BCUT2D eigenvalue weighted by molar-refractivity contribution is 7.89. The van der Waals surface area contributed by atoms with Crippen LogP contribution < -0.4 is 0 Å². The number of benzene rings is 1. The van der Waals surface area contributed by atoms with Gasteiger partial charge in [0.05, 0.1) is 11.6 Å². The lowest BCUT2D eigenvalue weighted by atomic mass is 10.1. The first-order chi connectivity index (χ1) is 12.2. The highest BCUT2D eigenvalue weighted by Gasteiger charge is 2.26. The summed E-state index contributed by atoms with van der Waals surface area (Å²) in [6, 6.07) is 4.40. The van der Waals surface area contributed by atoms with E-state index >= 15 is 0 Å². The summed E-state index contributed by atoms with van der Waals surface area (Å²) in [6.45, 7) is 9.64. The molecule has 0 saturated heterocycles. The highest BCUT2D eigenvalue weighted by atomic mass is 35.5. The molecule has 0 heterocycles. The topological polar surface area (TPSA) is 66.9 Å². The molecule has 0 aliphatic rings. The van der Waals surface area contributed by atoms with E-state index in [0.29, 0.717) is 38.3 Å². The van der Waals surface area contributed by atoms with Gasteiger partial charge in [0.25, 0.3) is 5.91 Å². The highest BCUT2D eigenvalue weighted by Crippen LogP contribution is 2.26.